The largest absolute Gasteiger partial charge is 0.387 e. The molecular formula is C12H17N5O4S. The van der Waals surface area contributed by atoms with E-state index in [1.165, 1.54) is 13.4 Å². The normalized spacial score (nSPS) is 30.0. The molecule has 1 aliphatic heterocycles. The number of nitrogens with one attached hydrogen (secondary N) is 1. The second-order valence-corrected chi connectivity index (χ2v) is 5.58. The van der Waals surface area contributed by atoms with Crippen LogP contribution in [0.1, 0.15) is 13.2 Å². The van der Waals surface area contributed by atoms with Gasteiger partial charge in [-0.3, -0.25) is 4.57 Å². The number of nitrogen functional groups attached to an aromatic ring is 1. The summed E-state index contributed by atoms with van der Waals surface area (Å²) in [5, 5.41) is 20.4. The maximum absolute atomic E-state index is 10.3. The number of aromatic nitrogens is 4. The van der Waals surface area contributed by atoms with Gasteiger partial charge in [0.2, 0.25) is 0 Å². The zero-order valence-corrected chi connectivity index (χ0v) is 12.8. The number of nitrogens with zero attached hydrogens (tertiary/aromatic N) is 3. The minimum atomic E-state index is -1.14. The van der Waals surface area contributed by atoms with Gasteiger partial charge in [0.1, 0.15) is 29.5 Å². The van der Waals surface area contributed by atoms with Crippen molar-refractivity contribution in [1.82, 2.24) is 19.5 Å². The number of nitrogens with two attached hydrogens (primary N) is 1. The molecule has 0 radical (unpaired) electrons. The Hall–Kier alpha value is -1.59. The van der Waals surface area contributed by atoms with Crippen LogP contribution in [-0.2, 0) is 9.47 Å². The molecule has 2 aromatic heterocycles. The molecule has 1 unspecified atom stereocenters. The molecule has 120 valence electrons. The first kappa shape index (κ1) is 15.3. The zero-order chi connectivity index (χ0) is 16.0. The maximum Gasteiger partial charge on any atom is 0.200 e. The Morgan fingerprint density at radius 1 is 1.50 bits per heavy atom. The number of rotatable bonds is 3. The van der Waals surface area contributed by atoms with Crippen molar-refractivity contribution in [3.05, 3.63) is 11.0 Å². The lowest BCUT2D eigenvalue weighted by Gasteiger charge is -2.20. The van der Waals surface area contributed by atoms with Crippen LogP contribution in [0, 0.1) is 4.64 Å². The molecule has 0 saturated carbocycles. The number of ether oxygens (including phenoxy) is 2. The Morgan fingerprint density at radius 2 is 2.23 bits per heavy atom. The number of fused-ring (bicyclic) bond motifs is 1. The Balaban J connectivity index is 2.03. The zero-order valence-electron chi connectivity index (χ0n) is 12.0. The summed E-state index contributed by atoms with van der Waals surface area (Å²) in [5.74, 6) is 0.133. The average molecular weight is 327 g/mol. The molecular weight excluding hydrogens is 310 g/mol. The molecule has 2 aromatic rings. The smallest absolute Gasteiger partial charge is 0.200 e. The van der Waals surface area contributed by atoms with Gasteiger partial charge in [0.15, 0.2) is 16.8 Å². The molecule has 1 aliphatic rings. The molecule has 5 atom stereocenters. The molecule has 22 heavy (non-hydrogen) atoms. The number of H-pyrrole nitrogens is 1. The van der Waals surface area contributed by atoms with E-state index < -0.39 is 24.5 Å². The number of hydrogen-bond donors (Lipinski definition) is 4. The van der Waals surface area contributed by atoms with Gasteiger partial charge >= 0.3 is 0 Å². The topological polar surface area (TPSA) is 131 Å². The van der Waals surface area contributed by atoms with Gasteiger partial charge in [0, 0.05) is 7.11 Å². The lowest BCUT2D eigenvalue weighted by molar-refractivity contribution is -0.0893. The van der Waals surface area contributed by atoms with Gasteiger partial charge < -0.3 is 30.4 Å². The first-order chi connectivity index (χ1) is 10.4. The van der Waals surface area contributed by atoms with Crippen LogP contribution < -0.4 is 5.73 Å². The molecule has 5 N–H and O–H groups in total. The summed E-state index contributed by atoms with van der Waals surface area (Å²) >= 11 is 5.11. The molecule has 1 saturated heterocycles. The van der Waals surface area contributed by atoms with Gasteiger partial charge in [0.05, 0.1) is 12.4 Å². The minimum Gasteiger partial charge on any atom is -0.387 e. The van der Waals surface area contributed by atoms with E-state index in [4.69, 9.17) is 27.4 Å². The molecule has 9 nitrogen and oxygen atoms in total. The van der Waals surface area contributed by atoms with E-state index in [2.05, 4.69) is 15.0 Å². The van der Waals surface area contributed by atoms with Gasteiger partial charge in [0.25, 0.3) is 0 Å². The van der Waals surface area contributed by atoms with E-state index in [0.29, 0.717) is 11.2 Å². The number of methoxy groups -OCH3 is 1. The number of imidazole rings is 1. The number of aromatic amines is 1. The fourth-order valence-corrected chi connectivity index (χ4v) is 2.83. The highest BCUT2D eigenvalue weighted by Gasteiger charge is 2.46. The van der Waals surface area contributed by atoms with Crippen LogP contribution in [0.4, 0.5) is 5.95 Å². The standard InChI is InChI=1S/C12H17N5O4S/c1-4(20-2)8-6(18)7(19)11(21-8)17-3-14-5-9(17)15-12(13)16-10(5)22/h3-4,6-8,11,18-19H,1-2H3,(H3,13,15,16,22)/t4?,6-,7+,8+,11+/m0/s1. The molecule has 3 heterocycles. The third kappa shape index (κ3) is 2.29. The predicted molar refractivity (Wildman–Crippen MR) is 79.5 cm³/mol. The first-order valence-electron chi connectivity index (χ1n) is 6.70. The highest BCUT2D eigenvalue weighted by atomic mass is 32.1. The molecule has 0 spiro atoms. The Kier molecular flexibility index (Phi) is 3.87. The van der Waals surface area contributed by atoms with E-state index in [9.17, 15) is 10.2 Å². The van der Waals surface area contributed by atoms with Crippen LogP contribution in [0.2, 0.25) is 0 Å². The number of hydrogen-bond acceptors (Lipinski definition) is 8. The molecule has 0 bridgehead atoms. The van der Waals surface area contributed by atoms with E-state index in [1.807, 2.05) is 0 Å². The summed E-state index contributed by atoms with van der Waals surface area (Å²) in [6, 6.07) is 0. The third-order valence-electron chi connectivity index (χ3n) is 3.85. The third-order valence-corrected chi connectivity index (χ3v) is 4.13. The highest BCUT2D eigenvalue weighted by molar-refractivity contribution is 7.71. The molecule has 10 heteroatoms. The van der Waals surface area contributed by atoms with Crippen molar-refractivity contribution in [2.75, 3.05) is 12.8 Å². The van der Waals surface area contributed by atoms with E-state index in [1.54, 1.807) is 11.5 Å². The van der Waals surface area contributed by atoms with Crippen LogP contribution in [0.3, 0.4) is 0 Å². The summed E-state index contributed by atoms with van der Waals surface area (Å²) in [7, 11) is 1.51. The predicted octanol–water partition coefficient (Wildman–Crippen LogP) is -0.275. The molecule has 0 amide bonds. The highest BCUT2D eigenvalue weighted by Crippen LogP contribution is 2.33. The van der Waals surface area contributed by atoms with Crippen molar-refractivity contribution < 1.29 is 19.7 Å². The van der Waals surface area contributed by atoms with Gasteiger partial charge in [-0.15, -0.1) is 0 Å². The van der Waals surface area contributed by atoms with Crippen molar-refractivity contribution >= 4 is 29.3 Å². The number of aliphatic hydroxyl groups excluding tert-OH is 2. The quantitative estimate of drug-likeness (QED) is 0.566. The van der Waals surface area contributed by atoms with E-state index in [0.717, 1.165) is 0 Å². The second-order valence-electron chi connectivity index (χ2n) is 5.19. The van der Waals surface area contributed by atoms with E-state index in [-0.39, 0.29) is 16.7 Å². The SMILES string of the molecule is COC(C)[C@H]1O[C@@H](n2cnc3c(=S)nc(N)[nH]c32)[C@H](O)[C@@H]1O. The minimum absolute atomic E-state index is 0.133. The van der Waals surface area contributed by atoms with Crippen LogP contribution in [0.5, 0.6) is 0 Å². The van der Waals surface area contributed by atoms with Gasteiger partial charge in [-0.1, -0.05) is 12.2 Å². The summed E-state index contributed by atoms with van der Waals surface area (Å²) in [6.07, 6.45) is -2.65. The lowest BCUT2D eigenvalue weighted by Crippen LogP contribution is -2.38. The molecule has 0 aromatic carbocycles. The van der Waals surface area contributed by atoms with Crippen molar-refractivity contribution in [2.45, 2.75) is 37.6 Å². The fourth-order valence-electron chi connectivity index (χ4n) is 2.58. The Morgan fingerprint density at radius 3 is 2.91 bits per heavy atom. The van der Waals surface area contributed by atoms with E-state index >= 15 is 0 Å². The molecule has 1 fully saturated rings. The van der Waals surface area contributed by atoms with Gasteiger partial charge in [-0.2, -0.15) is 0 Å². The summed E-state index contributed by atoms with van der Waals surface area (Å²) < 4.78 is 12.7. The van der Waals surface area contributed by atoms with Crippen LogP contribution >= 0.6 is 12.2 Å². The monoisotopic (exact) mass is 327 g/mol. The lowest BCUT2D eigenvalue weighted by atomic mass is 10.1. The first-order valence-corrected chi connectivity index (χ1v) is 7.11. The average Bonchev–Trinajstić information content (AvgIpc) is 3.01. The Labute approximate surface area is 130 Å². The number of aliphatic hydroxyl groups is 2. The van der Waals surface area contributed by atoms with Gasteiger partial charge in [-0.25, -0.2) is 9.97 Å². The van der Waals surface area contributed by atoms with Crippen molar-refractivity contribution in [2.24, 2.45) is 0 Å². The fraction of sp³-hybridized carbons (Fsp3) is 0.583. The summed E-state index contributed by atoms with van der Waals surface area (Å²) in [5.41, 5.74) is 6.58. The Bertz CT molecular complexity index is 747. The second kappa shape index (κ2) is 5.56. The van der Waals surface area contributed by atoms with Crippen molar-refractivity contribution in [1.29, 1.82) is 0 Å². The van der Waals surface area contributed by atoms with Gasteiger partial charge in [-0.05, 0) is 6.92 Å². The van der Waals surface area contributed by atoms with Crippen molar-refractivity contribution in [3.63, 3.8) is 0 Å². The van der Waals surface area contributed by atoms with Crippen LogP contribution in [-0.4, -0.2) is 61.3 Å². The summed E-state index contributed by atoms with van der Waals surface area (Å²) in [6.45, 7) is 1.75. The number of anilines is 1. The van der Waals surface area contributed by atoms with Crippen molar-refractivity contribution in [3.8, 4) is 0 Å². The maximum atomic E-state index is 10.3. The summed E-state index contributed by atoms with van der Waals surface area (Å²) in [4.78, 5) is 10.9. The molecule has 0 aliphatic carbocycles. The molecule has 3 rings (SSSR count). The van der Waals surface area contributed by atoms with Crippen LogP contribution in [0.25, 0.3) is 11.2 Å². The van der Waals surface area contributed by atoms with Crippen LogP contribution in [0.15, 0.2) is 6.33 Å².